The van der Waals surface area contributed by atoms with E-state index in [4.69, 9.17) is 21.1 Å². The quantitative estimate of drug-likeness (QED) is 0.0595. The first-order valence-corrected chi connectivity index (χ1v) is 22.1. The molecule has 51 heavy (non-hydrogen) atoms. The van der Waals surface area contributed by atoms with Crippen molar-refractivity contribution in [3.05, 3.63) is 141 Å². The normalized spacial score (nSPS) is 27.4. The Hall–Kier alpha value is -2.81. The lowest BCUT2D eigenvalue weighted by molar-refractivity contribution is 0.306. The average molecular weight is 861 g/mol. The van der Waals surface area contributed by atoms with Crippen molar-refractivity contribution in [1.29, 1.82) is 0 Å². The minimum atomic E-state index is -4.01. The molecule has 0 aromatic heterocycles. The lowest BCUT2D eigenvalue weighted by atomic mass is 9.79. The van der Waals surface area contributed by atoms with E-state index in [1.807, 2.05) is 12.2 Å². The van der Waals surface area contributed by atoms with Gasteiger partial charge in [0.25, 0.3) is 20.2 Å². The maximum absolute atomic E-state index is 11.3. The topological polar surface area (TPSA) is 124 Å². The molecule has 0 bridgehead atoms. The highest BCUT2D eigenvalue weighted by molar-refractivity contribution is 14.1. The van der Waals surface area contributed by atoms with Crippen LogP contribution in [0.5, 0.6) is 0 Å². The van der Waals surface area contributed by atoms with Crippen molar-refractivity contribution in [3.63, 3.8) is 0 Å². The third kappa shape index (κ3) is 9.41. The van der Waals surface area contributed by atoms with E-state index in [0.717, 1.165) is 41.0 Å². The molecule has 6 rings (SSSR count). The van der Waals surface area contributed by atoms with Gasteiger partial charge in [0.15, 0.2) is 0 Å². The Kier molecular flexibility index (Phi) is 12.2. The van der Waals surface area contributed by atoms with E-state index in [0.29, 0.717) is 43.8 Å². The monoisotopic (exact) mass is 860 g/mol. The molecule has 0 spiro atoms. The molecule has 4 atom stereocenters. The molecular formula is C39H42ClIN2O6S2. The van der Waals surface area contributed by atoms with E-state index in [2.05, 4.69) is 113 Å². The van der Waals surface area contributed by atoms with Crippen molar-refractivity contribution in [3.8, 4) is 0 Å². The number of fused-ring (bicyclic) bond motifs is 1. The maximum atomic E-state index is 11.3. The third-order valence-corrected chi connectivity index (χ3v) is 13.1. The van der Waals surface area contributed by atoms with Gasteiger partial charge in [-0.05, 0) is 84.1 Å². The van der Waals surface area contributed by atoms with Gasteiger partial charge in [-0.2, -0.15) is 16.8 Å². The SMILES string of the molecule is O=S(=O)(O)CCCCN=C(/C=C/C1=C(Cl)C(=C/C=C2\C3=CC=CC4=CC=CC(C43)N2CCCCS(=O)(=O)O)/CC1)C1=CC=CC2=CC=CC(I)C21. The van der Waals surface area contributed by atoms with Crippen LogP contribution in [0.25, 0.3) is 0 Å². The first kappa shape index (κ1) is 37.9. The van der Waals surface area contributed by atoms with Gasteiger partial charge in [-0.25, -0.2) is 0 Å². The Balaban J connectivity index is 1.25. The van der Waals surface area contributed by atoms with E-state index in [1.165, 1.54) is 16.7 Å². The standard InChI is InChI=1S/C39H42ClIN2O6S2/c40-39-29(19-21-34(42-23-1-3-25-50(44,45)46)31-13-5-9-27-11-7-15-33(41)37(27)31)17-18-30(39)20-22-35-32-14-6-10-28-12-8-16-36(38(28)32)43(35)24-2-4-26-51(47,48)49/h5-16,19-22,33,36-38H,1-4,17-18,23-26H2,(H,44,45,46)(H,47,48,49)/b21-19+,30-20+,35-22+,42-34?. The number of halogens is 2. The molecule has 1 heterocycles. The van der Waals surface area contributed by atoms with Crippen LogP contribution in [0.4, 0.5) is 0 Å². The van der Waals surface area contributed by atoms with Gasteiger partial charge in [-0.3, -0.25) is 14.1 Å². The predicted octanol–water partition coefficient (Wildman–Crippen LogP) is 8.12. The Bertz CT molecular complexity index is 2060. The number of aliphatic imine (C=N–C) groups is 1. The van der Waals surface area contributed by atoms with E-state index in [9.17, 15) is 21.4 Å². The largest absolute Gasteiger partial charge is 0.364 e. The van der Waals surface area contributed by atoms with Crippen molar-refractivity contribution in [2.24, 2.45) is 16.8 Å². The highest BCUT2D eigenvalue weighted by Crippen LogP contribution is 2.47. The minimum Gasteiger partial charge on any atom is -0.364 e. The summed E-state index contributed by atoms with van der Waals surface area (Å²) < 4.78 is 63.7. The summed E-state index contributed by atoms with van der Waals surface area (Å²) in [5, 5.41) is 0.717. The summed E-state index contributed by atoms with van der Waals surface area (Å²) in [6.07, 6.45) is 37.3. The van der Waals surface area contributed by atoms with Crippen molar-refractivity contribution in [2.75, 3.05) is 24.6 Å². The van der Waals surface area contributed by atoms with Gasteiger partial charge in [-0.15, -0.1) is 0 Å². The van der Waals surface area contributed by atoms with Crippen LogP contribution in [0.15, 0.2) is 146 Å². The lowest BCUT2D eigenvalue weighted by Gasteiger charge is -2.29. The Labute approximate surface area is 320 Å². The highest BCUT2D eigenvalue weighted by atomic mass is 127. The summed E-state index contributed by atoms with van der Waals surface area (Å²) in [7, 11) is -8.01. The van der Waals surface area contributed by atoms with E-state index < -0.39 is 20.2 Å². The molecule has 270 valence electrons. The Morgan fingerprint density at radius 1 is 0.863 bits per heavy atom. The van der Waals surface area contributed by atoms with Crippen LogP contribution in [-0.4, -0.2) is 71.1 Å². The molecule has 0 aromatic carbocycles. The molecule has 0 radical (unpaired) electrons. The van der Waals surface area contributed by atoms with Gasteiger partial charge in [-0.1, -0.05) is 119 Å². The Morgan fingerprint density at radius 2 is 1.55 bits per heavy atom. The van der Waals surface area contributed by atoms with Crippen LogP contribution in [0.3, 0.4) is 0 Å². The van der Waals surface area contributed by atoms with Crippen molar-refractivity contribution in [1.82, 2.24) is 4.90 Å². The molecule has 6 aliphatic rings. The second kappa shape index (κ2) is 16.5. The molecule has 2 N–H and O–H groups in total. The second-order valence-electron chi connectivity index (χ2n) is 13.3. The molecule has 5 aliphatic carbocycles. The highest BCUT2D eigenvalue weighted by Gasteiger charge is 2.42. The van der Waals surface area contributed by atoms with Gasteiger partial charge in [0.1, 0.15) is 0 Å². The fourth-order valence-corrected chi connectivity index (χ4v) is 9.96. The smallest absolute Gasteiger partial charge is 0.264 e. The molecule has 8 nitrogen and oxygen atoms in total. The molecule has 1 aliphatic heterocycles. The zero-order valence-electron chi connectivity index (χ0n) is 28.1. The molecule has 0 aromatic rings. The number of hydrogen-bond donors (Lipinski definition) is 2. The molecule has 12 heteroatoms. The fraction of sp³-hybridized carbons (Fsp3) is 0.359. The van der Waals surface area contributed by atoms with Crippen LogP contribution in [0, 0.1) is 11.8 Å². The molecular weight excluding hydrogens is 819 g/mol. The third-order valence-electron chi connectivity index (χ3n) is 9.87. The molecule has 4 unspecified atom stereocenters. The first-order valence-electron chi connectivity index (χ1n) is 17.3. The summed E-state index contributed by atoms with van der Waals surface area (Å²) in [6, 6.07) is 0.136. The number of rotatable bonds is 14. The van der Waals surface area contributed by atoms with E-state index >= 15 is 0 Å². The number of nitrogens with zero attached hydrogens (tertiary/aromatic N) is 2. The van der Waals surface area contributed by atoms with Crippen LogP contribution in [0.1, 0.15) is 38.5 Å². The summed E-state index contributed by atoms with van der Waals surface area (Å²) in [4.78, 5) is 7.28. The summed E-state index contributed by atoms with van der Waals surface area (Å²) in [6.45, 7) is 1.09. The lowest BCUT2D eigenvalue weighted by Crippen LogP contribution is -2.33. The summed E-state index contributed by atoms with van der Waals surface area (Å²) in [5.41, 5.74) is 8.81. The molecule has 1 saturated heterocycles. The fourth-order valence-electron chi connectivity index (χ4n) is 7.46. The van der Waals surface area contributed by atoms with Crippen LogP contribution in [-0.2, 0) is 20.2 Å². The molecule has 0 amide bonds. The second-order valence-corrected chi connectivity index (χ2v) is 18.3. The van der Waals surface area contributed by atoms with Crippen molar-refractivity contribution < 1.29 is 25.9 Å². The van der Waals surface area contributed by atoms with Crippen LogP contribution < -0.4 is 0 Å². The minimum absolute atomic E-state index is 0.136. The van der Waals surface area contributed by atoms with Gasteiger partial charge >= 0.3 is 0 Å². The van der Waals surface area contributed by atoms with Gasteiger partial charge < -0.3 is 4.90 Å². The van der Waals surface area contributed by atoms with Crippen LogP contribution >= 0.6 is 34.2 Å². The number of alkyl halides is 1. The average Bonchev–Trinajstić information content (AvgIpc) is 3.59. The van der Waals surface area contributed by atoms with E-state index in [-0.39, 0.29) is 33.3 Å². The van der Waals surface area contributed by atoms with Crippen molar-refractivity contribution >= 4 is 60.1 Å². The maximum Gasteiger partial charge on any atom is 0.264 e. The van der Waals surface area contributed by atoms with Gasteiger partial charge in [0.05, 0.1) is 23.3 Å². The zero-order chi connectivity index (χ0) is 36.2. The molecule has 1 fully saturated rings. The number of allylic oxidation sites excluding steroid dienone is 21. The van der Waals surface area contributed by atoms with Gasteiger partial charge in [0.2, 0.25) is 0 Å². The van der Waals surface area contributed by atoms with E-state index in [1.54, 1.807) is 0 Å². The zero-order valence-corrected chi connectivity index (χ0v) is 32.7. The van der Waals surface area contributed by atoms with Crippen molar-refractivity contribution in [2.45, 2.75) is 48.5 Å². The van der Waals surface area contributed by atoms with Gasteiger partial charge in [0, 0.05) is 39.6 Å². The number of hydrogen-bond acceptors (Lipinski definition) is 6. The molecule has 0 saturated carbocycles. The summed E-state index contributed by atoms with van der Waals surface area (Å²) in [5.74, 6) is -0.162. The number of likely N-dealkylation sites (tertiary alicyclic amines) is 1. The Morgan fingerprint density at radius 3 is 2.29 bits per heavy atom. The summed E-state index contributed by atoms with van der Waals surface area (Å²) >= 11 is 9.51. The first-order chi connectivity index (χ1) is 24.4. The van der Waals surface area contributed by atoms with Crippen LogP contribution in [0.2, 0.25) is 0 Å². The predicted molar refractivity (Wildman–Crippen MR) is 215 cm³/mol. The number of unbranched alkanes of at least 4 members (excludes halogenated alkanes) is 2.